The van der Waals surface area contributed by atoms with E-state index in [9.17, 15) is 9.90 Å². The van der Waals surface area contributed by atoms with Crippen molar-refractivity contribution < 1.29 is 9.90 Å². The third-order valence-electron chi connectivity index (χ3n) is 4.67. The Hall–Kier alpha value is -1.89. The van der Waals surface area contributed by atoms with E-state index < -0.39 is 0 Å². The summed E-state index contributed by atoms with van der Waals surface area (Å²) in [5, 5.41) is 9.46. The molecule has 0 aromatic carbocycles. The van der Waals surface area contributed by atoms with Crippen molar-refractivity contribution in [3.05, 3.63) is 12.4 Å². The van der Waals surface area contributed by atoms with Crippen LogP contribution in [0.3, 0.4) is 0 Å². The number of aliphatic hydroxyl groups excluding tert-OH is 1. The van der Waals surface area contributed by atoms with Gasteiger partial charge in [0.2, 0.25) is 5.91 Å². The predicted molar refractivity (Wildman–Crippen MR) is 83.6 cm³/mol. The standard InChI is InChI=1S/C15H23N5O2/c16-15(22)11-3-1-5-19(8-11)13-7-14(18-10-17-13)20-6-2-4-12(20)9-21/h7,10-12,21H,1-6,8-9H2,(H2,16,22). The van der Waals surface area contributed by atoms with Gasteiger partial charge >= 0.3 is 0 Å². The van der Waals surface area contributed by atoms with Crippen molar-refractivity contribution in [2.75, 3.05) is 36.0 Å². The van der Waals surface area contributed by atoms with E-state index in [2.05, 4.69) is 19.8 Å². The van der Waals surface area contributed by atoms with Crippen LogP contribution in [-0.4, -0.2) is 53.3 Å². The second-order valence-corrected chi connectivity index (χ2v) is 6.09. The number of carbonyl (C=O) groups excluding carboxylic acids is 1. The molecule has 3 heterocycles. The third kappa shape index (κ3) is 2.99. The van der Waals surface area contributed by atoms with Crippen LogP contribution in [0, 0.1) is 5.92 Å². The molecule has 22 heavy (non-hydrogen) atoms. The minimum Gasteiger partial charge on any atom is -0.394 e. The summed E-state index contributed by atoms with van der Waals surface area (Å²) in [6.45, 7) is 2.55. The normalized spacial score (nSPS) is 25.5. The maximum absolute atomic E-state index is 11.4. The summed E-state index contributed by atoms with van der Waals surface area (Å²) in [6.07, 6.45) is 5.41. The highest BCUT2D eigenvalue weighted by molar-refractivity contribution is 5.77. The molecular formula is C15H23N5O2. The first-order valence-electron chi connectivity index (χ1n) is 7.93. The van der Waals surface area contributed by atoms with Gasteiger partial charge in [-0.3, -0.25) is 4.79 Å². The number of primary amides is 1. The SMILES string of the molecule is NC(=O)C1CCCN(c2cc(N3CCCC3CO)ncn2)C1. The lowest BCUT2D eigenvalue weighted by atomic mass is 9.97. The summed E-state index contributed by atoms with van der Waals surface area (Å²) in [7, 11) is 0. The number of aliphatic hydroxyl groups is 1. The molecule has 0 saturated carbocycles. The molecule has 7 nitrogen and oxygen atoms in total. The Morgan fingerprint density at radius 1 is 1.27 bits per heavy atom. The van der Waals surface area contributed by atoms with Gasteiger partial charge in [0.1, 0.15) is 18.0 Å². The first-order valence-corrected chi connectivity index (χ1v) is 7.93. The van der Waals surface area contributed by atoms with Gasteiger partial charge in [-0.05, 0) is 25.7 Å². The summed E-state index contributed by atoms with van der Waals surface area (Å²) in [5.41, 5.74) is 5.44. The van der Waals surface area contributed by atoms with E-state index in [4.69, 9.17) is 5.73 Å². The van der Waals surface area contributed by atoms with E-state index in [1.807, 2.05) is 6.07 Å². The van der Waals surface area contributed by atoms with Crippen LogP contribution in [0.15, 0.2) is 12.4 Å². The van der Waals surface area contributed by atoms with E-state index in [1.54, 1.807) is 6.33 Å². The van der Waals surface area contributed by atoms with Crippen LogP contribution >= 0.6 is 0 Å². The average Bonchev–Trinajstić information content (AvgIpc) is 3.04. The van der Waals surface area contributed by atoms with Crippen molar-refractivity contribution in [3.8, 4) is 0 Å². The largest absolute Gasteiger partial charge is 0.394 e. The molecule has 3 N–H and O–H groups in total. The number of hydrogen-bond donors (Lipinski definition) is 2. The van der Waals surface area contributed by atoms with Gasteiger partial charge in [-0.15, -0.1) is 0 Å². The van der Waals surface area contributed by atoms with Crippen LogP contribution in [0.5, 0.6) is 0 Å². The number of rotatable bonds is 4. The lowest BCUT2D eigenvalue weighted by Gasteiger charge is -2.32. The Morgan fingerprint density at radius 3 is 2.82 bits per heavy atom. The molecule has 0 radical (unpaired) electrons. The molecular weight excluding hydrogens is 282 g/mol. The van der Waals surface area contributed by atoms with Crippen LogP contribution in [0.25, 0.3) is 0 Å². The van der Waals surface area contributed by atoms with E-state index in [1.165, 1.54) is 0 Å². The summed E-state index contributed by atoms with van der Waals surface area (Å²) in [4.78, 5) is 24.4. The van der Waals surface area contributed by atoms with E-state index in [0.29, 0.717) is 6.54 Å². The summed E-state index contributed by atoms with van der Waals surface area (Å²) >= 11 is 0. The zero-order chi connectivity index (χ0) is 15.5. The number of carbonyl (C=O) groups is 1. The van der Waals surface area contributed by atoms with Gasteiger partial charge in [0.15, 0.2) is 0 Å². The molecule has 1 amide bonds. The fourth-order valence-electron chi connectivity index (χ4n) is 3.41. The van der Waals surface area contributed by atoms with Crippen LogP contribution in [-0.2, 0) is 4.79 Å². The maximum Gasteiger partial charge on any atom is 0.222 e. The number of piperidine rings is 1. The average molecular weight is 305 g/mol. The zero-order valence-corrected chi connectivity index (χ0v) is 12.7. The van der Waals surface area contributed by atoms with E-state index in [-0.39, 0.29) is 24.5 Å². The lowest BCUT2D eigenvalue weighted by Crippen LogP contribution is -2.41. The second-order valence-electron chi connectivity index (χ2n) is 6.09. The summed E-state index contributed by atoms with van der Waals surface area (Å²) in [6, 6.07) is 2.10. The zero-order valence-electron chi connectivity index (χ0n) is 12.7. The first-order chi connectivity index (χ1) is 10.7. The molecule has 0 spiro atoms. The maximum atomic E-state index is 11.4. The van der Waals surface area contributed by atoms with Gasteiger partial charge in [0.05, 0.1) is 18.6 Å². The Morgan fingerprint density at radius 2 is 2.05 bits per heavy atom. The van der Waals surface area contributed by atoms with Gasteiger partial charge in [0.25, 0.3) is 0 Å². The molecule has 0 aliphatic carbocycles. The smallest absolute Gasteiger partial charge is 0.222 e. The van der Waals surface area contributed by atoms with Gasteiger partial charge in [-0.1, -0.05) is 0 Å². The quantitative estimate of drug-likeness (QED) is 0.821. The number of hydrogen-bond acceptors (Lipinski definition) is 6. The first kappa shape index (κ1) is 15.0. The Balaban J connectivity index is 1.77. The fraction of sp³-hybridized carbons (Fsp3) is 0.667. The minimum atomic E-state index is -0.237. The highest BCUT2D eigenvalue weighted by Crippen LogP contribution is 2.27. The molecule has 3 rings (SSSR count). The molecule has 2 unspecified atom stereocenters. The third-order valence-corrected chi connectivity index (χ3v) is 4.67. The fourth-order valence-corrected chi connectivity index (χ4v) is 3.41. The van der Waals surface area contributed by atoms with Crippen molar-refractivity contribution in [3.63, 3.8) is 0 Å². The molecule has 7 heteroatoms. The minimum absolute atomic E-state index is 0.107. The van der Waals surface area contributed by atoms with Crippen molar-refractivity contribution in [2.45, 2.75) is 31.7 Å². The molecule has 0 bridgehead atoms. The molecule has 2 aliphatic rings. The number of aromatic nitrogens is 2. The van der Waals surface area contributed by atoms with Crippen molar-refractivity contribution in [1.29, 1.82) is 0 Å². The van der Waals surface area contributed by atoms with Crippen LogP contribution < -0.4 is 15.5 Å². The van der Waals surface area contributed by atoms with Crippen molar-refractivity contribution in [1.82, 2.24) is 9.97 Å². The van der Waals surface area contributed by atoms with Gasteiger partial charge in [0, 0.05) is 25.7 Å². The number of nitrogens with zero attached hydrogens (tertiary/aromatic N) is 4. The number of anilines is 2. The highest BCUT2D eigenvalue weighted by atomic mass is 16.3. The molecule has 2 atom stereocenters. The van der Waals surface area contributed by atoms with Gasteiger partial charge < -0.3 is 20.6 Å². The monoisotopic (exact) mass is 305 g/mol. The van der Waals surface area contributed by atoms with Gasteiger partial charge in [-0.25, -0.2) is 9.97 Å². The van der Waals surface area contributed by atoms with E-state index in [0.717, 1.165) is 50.4 Å². The Bertz CT molecular complexity index is 538. The van der Waals surface area contributed by atoms with Crippen LogP contribution in [0.2, 0.25) is 0 Å². The Kier molecular flexibility index (Phi) is 4.42. The van der Waals surface area contributed by atoms with Crippen molar-refractivity contribution >= 4 is 17.5 Å². The van der Waals surface area contributed by atoms with Crippen molar-refractivity contribution in [2.24, 2.45) is 11.7 Å². The highest BCUT2D eigenvalue weighted by Gasteiger charge is 2.27. The molecule has 2 fully saturated rings. The lowest BCUT2D eigenvalue weighted by molar-refractivity contribution is -0.122. The van der Waals surface area contributed by atoms with Crippen LogP contribution in [0.4, 0.5) is 11.6 Å². The topological polar surface area (TPSA) is 95.6 Å². The second kappa shape index (κ2) is 6.48. The summed E-state index contributed by atoms with van der Waals surface area (Å²) < 4.78 is 0. The summed E-state index contributed by atoms with van der Waals surface area (Å²) in [5.74, 6) is 1.34. The molecule has 120 valence electrons. The predicted octanol–water partition coefficient (Wildman–Crippen LogP) is 0.139. The van der Waals surface area contributed by atoms with Gasteiger partial charge in [-0.2, -0.15) is 0 Å². The molecule has 2 saturated heterocycles. The molecule has 1 aromatic heterocycles. The Labute approximate surface area is 130 Å². The molecule has 2 aliphatic heterocycles. The van der Waals surface area contributed by atoms with Crippen LogP contribution in [0.1, 0.15) is 25.7 Å². The number of nitrogens with two attached hydrogens (primary N) is 1. The number of amides is 1. The molecule has 1 aromatic rings. The van der Waals surface area contributed by atoms with E-state index >= 15 is 0 Å².